The highest BCUT2D eigenvalue weighted by molar-refractivity contribution is 7.90. The zero-order valence-electron chi connectivity index (χ0n) is 37.4. The molecule has 16 heteroatoms. The minimum atomic E-state index is -3.73. The average molecular weight is 961 g/mol. The summed E-state index contributed by atoms with van der Waals surface area (Å²) in [6.07, 6.45) is 0.844. The van der Waals surface area contributed by atoms with Crippen LogP contribution in [-0.4, -0.2) is 52.0 Å². The number of rotatable bonds is 13. The highest BCUT2D eigenvalue weighted by Crippen LogP contribution is 2.37. The summed E-state index contributed by atoms with van der Waals surface area (Å²) < 4.78 is 32.5. The molecule has 0 aromatic heterocycles. The van der Waals surface area contributed by atoms with Crippen LogP contribution in [0.25, 0.3) is 11.1 Å². The first-order chi connectivity index (χ1) is 32.1. The van der Waals surface area contributed by atoms with Crippen molar-refractivity contribution in [2.75, 3.05) is 36.7 Å². The lowest BCUT2D eigenvalue weighted by Gasteiger charge is -2.20. The van der Waals surface area contributed by atoms with E-state index in [4.69, 9.17) is 27.9 Å². The lowest BCUT2D eigenvalue weighted by Crippen LogP contribution is -2.31. The van der Waals surface area contributed by atoms with Crippen molar-refractivity contribution < 1.29 is 27.5 Å². The van der Waals surface area contributed by atoms with Gasteiger partial charge in [0.2, 0.25) is 0 Å². The molecule has 2 aliphatic rings. The fourth-order valence-electron chi connectivity index (χ4n) is 8.40. The maximum atomic E-state index is 13.5. The van der Waals surface area contributed by atoms with Gasteiger partial charge in [-0.1, -0.05) is 65.7 Å². The summed E-state index contributed by atoms with van der Waals surface area (Å²) in [5, 5.41) is 18.3. The number of sulfone groups is 1. The van der Waals surface area contributed by atoms with Crippen molar-refractivity contribution in [2.24, 2.45) is 0 Å². The number of carbonyl (C=O) groups excluding carboxylic acids is 3. The lowest BCUT2D eigenvalue weighted by atomic mass is 9.97. The third kappa shape index (κ3) is 11.2. The summed E-state index contributed by atoms with van der Waals surface area (Å²) in [5.74, 6) is -0.232. The van der Waals surface area contributed by atoms with Crippen LogP contribution in [-0.2, 0) is 41.6 Å². The van der Waals surface area contributed by atoms with E-state index in [9.17, 15) is 22.8 Å². The van der Waals surface area contributed by atoms with Crippen molar-refractivity contribution in [1.82, 2.24) is 20.9 Å². The van der Waals surface area contributed by atoms with Crippen LogP contribution < -0.4 is 36.6 Å². The second-order valence-corrected chi connectivity index (χ2v) is 19.7. The van der Waals surface area contributed by atoms with Crippen molar-refractivity contribution in [3.63, 3.8) is 0 Å². The highest BCUT2D eigenvalue weighted by Gasteiger charge is 2.23. The molecule has 0 spiro atoms. The molecule has 2 aliphatic heterocycles. The minimum absolute atomic E-state index is 0.0724. The van der Waals surface area contributed by atoms with Gasteiger partial charge < -0.3 is 36.6 Å². The van der Waals surface area contributed by atoms with Gasteiger partial charge in [0.15, 0.2) is 9.84 Å². The Labute approximate surface area is 400 Å². The Hall–Kier alpha value is -6.42. The van der Waals surface area contributed by atoms with E-state index in [0.29, 0.717) is 22.4 Å². The molecule has 67 heavy (non-hydrogen) atoms. The maximum Gasteiger partial charge on any atom is 0.319 e. The molecule has 346 valence electrons. The monoisotopic (exact) mass is 959 g/mol. The van der Waals surface area contributed by atoms with Crippen molar-refractivity contribution in [3.8, 4) is 16.9 Å². The summed E-state index contributed by atoms with van der Waals surface area (Å²) in [6.45, 7) is 6.99. The molecule has 6 aromatic carbocycles. The zero-order valence-corrected chi connectivity index (χ0v) is 39.8. The number of anilines is 3. The molecule has 2 atom stereocenters. The number of ether oxygens (including phenoxy) is 1. The normalized spacial score (nSPS) is 14.2. The number of nitrogens with zero attached hydrogens (tertiary/aromatic N) is 1. The van der Waals surface area contributed by atoms with Crippen LogP contribution >= 0.6 is 23.2 Å². The first kappa shape index (κ1) is 47.1. The molecule has 0 radical (unpaired) electrons. The molecule has 13 nitrogen and oxygen atoms in total. The zero-order chi connectivity index (χ0) is 47.4. The van der Waals surface area contributed by atoms with E-state index < -0.39 is 34.0 Å². The van der Waals surface area contributed by atoms with Gasteiger partial charge >= 0.3 is 12.1 Å². The standard InChI is InChI=1S/C51H51Cl2N7O6S/c1-30(55-50(62)58-41-13-10-33(11-14-41)49(61)57-42-15-12-38-27-60(3)28-40(38)22-42)34-6-5-7-35(21-34)39-23-44(48(53)45(52)24-39)31(2)56-51(63)59-46-17-16-43(25-47(46)66-4)67(64,65)29-32-8-9-37-26-54-19-18-36(37)20-32/h5-17,20-25,30-31,54H,18-19,26-29H2,1-4H3,(H,57,61)(H2,55,58,62)(H2,56,59,63)/t30?,31-/m1/s1. The number of benzene rings is 6. The summed E-state index contributed by atoms with van der Waals surface area (Å²) in [7, 11) is -0.264. The van der Waals surface area contributed by atoms with Gasteiger partial charge in [-0.25, -0.2) is 18.0 Å². The van der Waals surface area contributed by atoms with Crippen molar-refractivity contribution >= 4 is 68.1 Å². The summed E-state index contributed by atoms with van der Waals surface area (Å²) in [4.78, 5) is 41.8. The number of nitrogens with one attached hydrogen (secondary N) is 6. The fourth-order valence-corrected chi connectivity index (χ4v) is 10.2. The topological polar surface area (TPSA) is 170 Å². The summed E-state index contributed by atoms with van der Waals surface area (Å²) in [5.41, 5.74) is 10.4. The fraction of sp³-hybridized carbons (Fsp3) is 0.235. The molecule has 0 aliphatic carbocycles. The second kappa shape index (κ2) is 20.2. The van der Waals surface area contributed by atoms with E-state index in [-0.39, 0.29) is 38.0 Å². The van der Waals surface area contributed by atoms with Gasteiger partial charge in [-0.2, -0.15) is 0 Å². The van der Waals surface area contributed by atoms with Gasteiger partial charge in [0.1, 0.15) is 5.75 Å². The summed E-state index contributed by atoms with van der Waals surface area (Å²) in [6, 6.07) is 32.0. The van der Waals surface area contributed by atoms with Crippen molar-refractivity contribution in [1.29, 1.82) is 0 Å². The molecule has 0 bridgehead atoms. The number of methoxy groups -OCH3 is 1. The molecule has 0 fully saturated rings. The van der Waals surface area contributed by atoms with Gasteiger partial charge in [-0.05, 0) is 151 Å². The van der Waals surface area contributed by atoms with Crippen LogP contribution in [0.5, 0.6) is 5.75 Å². The van der Waals surface area contributed by atoms with Crippen LogP contribution in [0.1, 0.15) is 75.2 Å². The SMILES string of the molecule is COc1cc(S(=O)(=O)Cc2ccc3c(c2)CCNC3)ccc1NC(=O)N[C@H](C)c1cc(-c2cccc(C(C)NC(=O)Nc3ccc(C(=O)Nc4ccc5c(c4)CN(C)C5)cc3)c2)cc(Cl)c1Cl. The molecule has 0 saturated heterocycles. The molecule has 0 saturated carbocycles. The first-order valence-corrected chi connectivity index (χ1v) is 24.2. The van der Waals surface area contributed by atoms with E-state index in [1.54, 1.807) is 37.3 Å². The predicted molar refractivity (Wildman–Crippen MR) is 265 cm³/mol. The molecule has 6 aromatic rings. The number of urea groups is 2. The molecule has 8 rings (SSSR count). The minimum Gasteiger partial charge on any atom is -0.495 e. The van der Waals surface area contributed by atoms with Gasteiger partial charge in [0.05, 0.1) is 45.6 Å². The lowest BCUT2D eigenvalue weighted by molar-refractivity contribution is 0.102. The largest absolute Gasteiger partial charge is 0.495 e. The third-order valence-electron chi connectivity index (χ3n) is 12.0. The Balaban J connectivity index is 0.870. The number of carbonyl (C=O) groups is 3. The van der Waals surface area contributed by atoms with Crippen LogP contribution in [0.15, 0.2) is 120 Å². The van der Waals surface area contributed by atoms with Crippen molar-refractivity contribution in [2.45, 2.75) is 62.6 Å². The van der Waals surface area contributed by atoms with Gasteiger partial charge in [-0.15, -0.1) is 0 Å². The Morgan fingerprint density at radius 2 is 1.46 bits per heavy atom. The first-order valence-electron chi connectivity index (χ1n) is 21.8. The van der Waals surface area contributed by atoms with Crippen LogP contribution in [0.2, 0.25) is 10.0 Å². The van der Waals surface area contributed by atoms with E-state index in [2.05, 4.69) is 43.8 Å². The molecule has 6 N–H and O–H groups in total. The van der Waals surface area contributed by atoms with E-state index in [1.807, 2.05) is 73.7 Å². The molecule has 2 heterocycles. The number of hydrogen-bond donors (Lipinski definition) is 6. The number of fused-ring (bicyclic) bond motifs is 2. The van der Waals surface area contributed by atoms with E-state index in [0.717, 1.165) is 60.5 Å². The van der Waals surface area contributed by atoms with E-state index >= 15 is 0 Å². The predicted octanol–water partition coefficient (Wildman–Crippen LogP) is 10.3. The highest BCUT2D eigenvalue weighted by atomic mass is 35.5. The maximum absolute atomic E-state index is 13.5. The smallest absolute Gasteiger partial charge is 0.319 e. The molecule has 1 unspecified atom stereocenters. The van der Waals surface area contributed by atoms with Gasteiger partial charge in [0.25, 0.3) is 5.91 Å². The Bertz CT molecular complexity index is 2990. The quantitative estimate of drug-likeness (QED) is 0.0665. The van der Waals surface area contributed by atoms with Crippen molar-refractivity contribution in [3.05, 3.63) is 170 Å². The van der Waals surface area contributed by atoms with Crippen LogP contribution in [0, 0.1) is 0 Å². The number of amides is 5. The van der Waals surface area contributed by atoms with Crippen LogP contribution in [0.3, 0.4) is 0 Å². The Morgan fingerprint density at radius 1 is 0.731 bits per heavy atom. The molecule has 5 amide bonds. The third-order valence-corrected chi connectivity index (χ3v) is 14.5. The number of hydrogen-bond acceptors (Lipinski definition) is 8. The second-order valence-electron chi connectivity index (χ2n) is 17.0. The molecular weight excluding hydrogens is 910 g/mol. The Morgan fingerprint density at radius 3 is 2.25 bits per heavy atom. The summed E-state index contributed by atoms with van der Waals surface area (Å²) >= 11 is 13.4. The van der Waals surface area contributed by atoms with Gasteiger partial charge in [-0.3, -0.25) is 9.69 Å². The molecular formula is C51H51Cl2N7O6S. The average Bonchev–Trinajstić information content (AvgIpc) is 3.69. The van der Waals surface area contributed by atoms with Crippen LogP contribution in [0.4, 0.5) is 26.7 Å². The van der Waals surface area contributed by atoms with Gasteiger partial charge in [0, 0.05) is 42.6 Å². The Kier molecular flexibility index (Phi) is 14.2. The number of halogens is 2. The van der Waals surface area contributed by atoms with E-state index in [1.165, 1.54) is 42.0 Å².